The topological polar surface area (TPSA) is 46.2 Å². The SMILES string of the molecule is Cc1cccc(S(=O)(=O)NCC2CCCCC2CCl)c1. The Balaban J connectivity index is 2.02. The predicted octanol–water partition coefficient (Wildman–Crippen LogP) is 3.32. The van der Waals surface area contributed by atoms with Crippen LogP contribution >= 0.6 is 11.6 Å². The van der Waals surface area contributed by atoms with Gasteiger partial charge in [-0.05, 0) is 49.3 Å². The van der Waals surface area contributed by atoms with Gasteiger partial charge in [0.05, 0.1) is 4.90 Å². The third-order valence-corrected chi connectivity index (χ3v) is 5.92. The highest BCUT2D eigenvalue weighted by atomic mass is 35.5. The van der Waals surface area contributed by atoms with Crippen molar-refractivity contribution in [3.05, 3.63) is 29.8 Å². The van der Waals surface area contributed by atoms with E-state index in [2.05, 4.69) is 4.72 Å². The summed E-state index contributed by atoms with van der Waals surface area (Å²) in [4.78, 5) is 0.343. The van der Waals surface area contributed by atoms with Crippen LogP contribution in [0, 0.1) is 18.8 Å². The summed E-state index contributed by atoms with van der Waals surface area (Å²) in [5.41, 5.74) is 0.948. The van der Waals surface area contributed by atoms with Crippen LogP contribution in [-0.2, 0) is 10.0 Å². The fourth-order valence-corrected chi connectivity index (χ4v) is 4.44. The first-order chi connectivity index (χ1) is 9.53. The van der Waals surface area contributed by atoms with Crippen molar-refractivity contribution >= 4 is 21.6 Å². The summed E-state index contributed by atoms with van der Waals surface area (Å²) >= 11 is 5.99. The van der Waals surface area contributed by atoms with Gasteiger partial charge in [-0.2, -0.15) is 0 Å². The van der Waals surface area contributed by atoms with Crippen molar-refractivity contribution < 1.29 is 8.42 Å². The van der Waals surface area contributed by atoms with Crippen LogP contribution in [0.2, 0.25) is 0 Å². The van der Waals surface area contributed by atoms with Crippen LogP contribution in [-0.4, -0.2) is 20.8 Å². The second-order valence-electron chi connectivity index (χ2n) is 5.63. The molecule has 1 aromatic rings. The monoisotopic (exact) mass is 315 g/mol. The molecule has 3 nitrogen and oxygen atoms in total. The summed E-state index contributed by atoms with van der Waals surface area (Å²) in [5, 5.41) is 0. The van der Waals surface area contributed by atoms with E-state index in [4.69, 9.17) is 11.6 Å². The van der Waals surface area contributed by atoms with E-state index < -0.39 is 10.0 Å². The lowest BCUT2D eigenvalue weighted by molar-refractivity contribution is 0.260. The minimum atomic E-state index is -3.41. The zero-order valence-electron chi connectivity index (χ0n) is 11.8. The van der Waals surface area contributed by atoms with Crippen molar-refractivity contribution in [1.82, 2.24) is 4.72 Å². The summed E-state index contributed by atoms with van der Waals surface area (Å²) < 4.78 is 27.3. The number of sulfonamides is 1. The van der Waals surface area contributed by atoms with E-state index in [1.165, 1.54) is 12.8 Å². The number of rotatable bonds is 5. The van der Waals surface area contributed by atoms with Crippen LogP contribution < -0.4 is 4.72 Å². The average Bonchev–Trinajstić information content (AvgIpc) is 2.45. The molecule has 0 spiro atoms. The van der Waals surface area contributed by atoms with Gasteiger partial charge in [-0.25, -0.2) is 13.1 Å². The number of aryl methyl sites for hydroxylation is 1. The number of benzene rings is 1. The van der Waals surface area contributed by atoms with Crippen molar-refractivity contribution in [2.24, 2.45) is 11.8 Å². The minimum absolute atomic E-state index is 0.343. The van der Waals surface area contributed by atoms with Gasteiger partial charge in [0.15, 0.2) is 0 Å². The average molecular weight is 316 g/mol. The molecule has 1 fully saturated rings. The van der Waals surface area contributed by atoms with Gasteiger partial charge in [0.1, 0.15) is 0 Å². The lowest BCUT2D eigenvalue weighted by Gasteiger charge is -2.30. The molecule has 1 saturated carbocycles. The molecule has 1 aromatic carbocycles. The highest BCUT2D eigenvalue weighted by molar-refractivity contribution is 7.89. The van der Waals surface area contributed by atoms with Crippen LogP contribution in [0.15, 0.2) is 29.2 Å². The Morgan fingerprint density at radius 1 is 1.25 bits per heavy atom. The third kappa shape index (κ3) is 3.96. The van der Waals surface area contributed by atoms with E-state index >= 15 is 0 Å². The molecule has 0 aliphatic heterocycles. The molecule has 0 heterocycles. The molecule has 0 aromatic heterocycles. The first kappa shape index (κ1) is 15.8. The van der Waals surface area contributed by atoms with Gasteiger partial charge in [0.2, 0.25) is 10.0 Å². The van der Waals surface area contributed by atoms with Crippen LogP contribution in [0.25, 0.3) is 0 Å². The maximum absolute atomic E-state index is 12.3. The van der Waals surface area contributed by atoms with Gasteiger partial charge in [-0.3, -0.25) is 0 Å². The smallest absolute Gasteiger partial charge is 0.211 e. The van der Waals surface area contributed by atoms with Crippen LogP contribution in [0.5, 0.6) is 0 Å². The predicted molar refractivity (Wildman–Crippen MR) is 82.5 cm³/mol. The van der Waals surface area contributed by atoms with Crippen molar-refractivity contribution in [3.8, 4) is 0 Å². The largest absolute Gasteiger partial charge is 0.240 e. The van der Waals surface area contributed by atoms with Crippen LogP contribution in [0.4, 0.5) is 0 Å². The van der Waals surface area contributed by atoms with E-state index in [1.54, 1.807) is 18.2 Å². The van der Waals surface area contributed by atoms with Gasteiger partial charge in [-0.1, -0.05) is 25.0 Å². The molecule has 0 radical (unpaired) electrons. The summed E-state index contributed by atoms with van der Waals surface area (Å²) in [7, 11) is -3.41. The highest BCUT2D eigenvalue weighted by Crippen LogP contribution is 2.30. The molecule has 112 valence electrons. The standard InChI is InChI=1S/C15H22ClNO2S/c1-12-5-4-8-15(9-12)20(18,19)17-11-14-7-3-2-6-13(14)10-16/h4-5,8-9,13-14,17H,2-3,6-7,10-11H2,1H3. The van der Waals surface area contributed by atoms with Crippen molar-refractivity contribution in [1.29, 1.82) is 0 Å². The van der Waals surface area contributed by atoms with Gasteiger partial charge in [-0.15, -0.1) is 11.6 Å². The molecule has 1 N–H and O–H groups in total. The molecule has 1 aliphatic carbocycles. The van der Waals surface area contributed by atoms with Crippen LogP contribution in [0.3, 0.4) is 0 Å². The number of hydrogen-bond donors (Lipinski definition) is 1. The molecular formula is C15H22ClNO2S. The fourth-order valence-electron chi connectivity index (χ4n) is 2.84. The van der Waals surface area contributed by atoms with E-state index in [0.29, 0.717) is 29.2 Å². The normalized spacial score (nSPS) is 23.7. The number of halogens is 1. The highest BCUT2D eigenvalue weighted by Gasteiger charge is 2.26. The molecule has 20 heavy (non-hydrogen) atoms. The number of nitrogens with one attached hydrogen (secondary N) is 1. The van der Waals surface area contributed by atoms with Gasteiger partial charge < -0.3 is 0 Å². The lowest BCUT2D eigenvalue weighted by atomic mass is 9.80. The maximum Gasteiger partial charge on any atom is 0.240 e. The van der Waals surface area contributed by atoms with Gasteiger partial charge >= 0.3 is 0 Å². The van der Waals surface area contributed by atoms with Crippen molar-refractivity contribution in [2.75, 3.05) is 12.4 Å². The first-order valence-electron chi connectivity index (χ1n) is 7.15. The fraction of sp³-hybridized carbons (Fsp3) is 0.600. The number of hydrogen-bond acceptors (Lipinski definition) is 2. The summed E-state index contributed by atoms with van der Waals surface area (Å²) in [6.07, 6.45) is 4.55. The Morgan fingerprint density at radius 2 is 1.95 bits per heavy atom. The Bertz CT molecular complexity index is 545. The molecule has 0 saturated heterocycles. The Kier molecular flexibility index (Phi) is 5.47. The summed E-state index contributed by atoms with van der Waals surface area (Å²) in [5.74, 6) is 1.42. The van der Waals surface area contributed by atoms with E-state index in [1.807, 2.05) is 13.0 Å². The lowest BCUT2D eigenvalue weighted by Crippen LogP contribution is -2.34. The Labute approximate surface area is 126 Å². The van der Waals surface area contributed by atoms with Crippen molar-refractivity contribution in [3.63, 3.8) is 0 Å². The number of alkyl halides is 1. The molecule has 5 heteroatoms. The van der Waals surface area contributed by atoms with E-state index in [9.17, 15) is 8.42 Å². The molecule has 0 bridgehead atoms. The quantitative estimate of drug-likeness (QED) is 0.847. The van der Waals surface area contributed by atoms with E-state index in [-0.39, 0.29) is 0 Å². The minimum Gasteiger partial charge on any atom is -0.211 e. The Morgan fingerprint density at radius 3 is 2.60 bits per heavy atom. The third-order valence-electron chi connectivity index (χ3n) is 4.10. The van der Waals surface area contributed by atoms with Crippen LogP contribution in [0.1, 0.15) is 31.2 Å². The zero-order valence-corrected chi connectivity index (χ0v) is 13.4. The van der Waals surface area contributed by atoms with E-state index in [0.717, 1.165) is 18.4 Å². The summed E-state index contributed by atoms with van der Waals surface area (Å²) in [6, 6.07) is 6.99. The maximum atomic E-state index is 12.3. The molecule has 0 amide bonds. The second kappa shape index (κ2) is 6.92. The van der Waals surface area contributed by atoms with Gasteiger partial charge in [0, 0.05) is 12.4 Å². The first-order valence-corrected chi connectivity index (χ1v) is 9.17. The zero-order chi connectivity index (χ0) is 14.6. The summed E-state index contributed by atoms with van der Waals surface area (Å²) in [6.45, 7) is 2.39. The molecule has 2 unspecified atom stereocenters. The van der Waals surface area contributed by atoms with Crippen molar-refractivity contribution in [2.45, 2.75) is 37.5 Å². The van der Waals surface area contributed by atoms with Gasteiger partial charge in [0.25, 0.3) is 0 Å². The Hall–Kier alpha value is -0.580. The molecule has 2 atom stereocenters. The molecule has 2 rings (SSSR count). The second-order valence-corrected chi connectivity index (χ2v) is 7.70. The molecular weight excluding hydrogens is 294 g/mol. The molecule has 1 aliphatic rings.